The number of hydrogen-bond donors (Lipinski definition) is 0. The standard InChI is InChI=1S/C26H51ClO6/c1-2-3-4-5-6-7-8-9-10-11-12-13-14-15-26(28)33-25-24-32-23-22-31-21-20-30-19-18-29-17-16-27/h2-25H2,1H3. The number of unbranched alkanes of at least 4 members (excludes halogenated alkanes) is 12. The van der Waals surface area contributed by atoms with E-state index in [1.165, 1.54) is 70.6 Å². The second-order valence-corrected chi connectivity index (χ2v) is 8.73. The highest BCUT2D eigenvalue weighted by molar-refractivity contribution is 6.17. The van der Waals surface area contributed by atoms with Crippen molar-refractivity contribution in [2.45, 2.75) is 96.8 Å². The summed E-state index contributed by atoms with van der Waals surface area (Å²) >= 11 is 5.50. The number of halogens is 1. The van der Waals surface area contributed by atoms with E-state index in [0.29, 0.717) is 71.8 Å². The molecule has 7 heteroatoms. The van der Waals surface area contributed by atoms with Gasteiger partial charge in [0.15, 0.2) is 0 Å². The summed E-state index contributed by atoms with van der Waals surface area (Å²) in [6.45, 7) is 6.65. The molecule has 0 atom stereocenters. The lowest BCUT2D eigenvalue weighted by Gasteiger charge is -2.08. The molecule has 6 nitrogen and oxygen atoms in total. The molecule has 0 heterocycles. The summed E-state index contributed by atoms with van der Waals surface area (Å²) in [5, 5.41) is 0. The Morgan fingerprint density at radius 3 is 1.30 bits per heavy atom. The summed E-state index contributed by atoms with van der Waals surface area (Å²) in [7, 11) is 0. The molecule has 0 aliphatic heterocycles. The third-order valence-corrected chi connectivity index (χ3v) is 5.47. The zero-order valence-electron chi connectivity index (χ0n) is 21.3. The summed E-state index contributed by atoms with van der Waals surface area (Å²) in [5.41, 5.74) is 0. The second-order valence-electron chi connectivity index (χ2n) is 8.35. The molecule has 0 spiro atoms. The molecule has 0 aromatic carbocycles. The minimum atomic E-state index is -0.120. The van der Waals surface area contributed by atoms with Crippen LogP contribution in [0.5, 0.6) is 0 Å². The van der Waals surface area contributed by atoms with Gasteiger partial charge in [-0.05, 0) is 6.42 Å². The molecular formula is C26H51ClO6. The third kappa shape index (κ3) is 29.6. The molecule has 0 aliphatic carbocycles. The first-order valence-corrected chi connectivity index (χ1v) is 13.9. The van der Waals surface area contributed by atoms with Crippen LogP contribution in [0.2, 0.25) is 0 Å². The minimum Gasteiger partial charge on any atom is -0.463 e. The lowest BCUT2D eigenvalue weighted by molar-refractivity contribution is -0.145. The summed E-state index contributed by atoms with van der Waals surface area (Å²) in [6, 6.07) is 0. The molecule has 0 unspecified atom stereocenters. The van der Waals surface area contributed by atoms with Gasteiger partial charge >= 0.3 is 5.97 Å². The molecular weight excluding hydrogens is 444 g/mol. The molecule has 0 radical (unpaired) electrons. The zero-order chi connectivity index (χ0) is 24.1. The van der Waals surface area contributed by atoms with E-state index in [9.17, 15) is 4.79 Å². The SMILES string of the molecule is CCCCCCCCCCCCCCCC(=O)OCCOCCOCCOCCOCCCl. The monoisotopic (exact) mass is 494 g/mol. The number of rotatable bonds is 28. The Bertz CT molecular complexity index is 384. The summed E-state index contributed by atoms with van der Waals surface area (Å²) < 4.78 is 26.5. The van der Waals surface area contributed by atoms with Gasteiger partial charge in [-0.25, -0.2) is 0 Å². The molecule has 0 amide bonds. The maximum atomic E-state index is 11.7. The van der Waals surface area contributed by atoms with Gasteiger partial charge in [-0.15, -0.1) is 11.6 Å². The van der Waals surface area contributed by atoms with Gasteiger partial charge in [0.25, 0.3) is 0 Å². The maximum Gasteiger partial charge on any atom is 0.305 e. The van der Waals surface area contributed by atoms with E-state index < -0.39 is 0 Å². The van der Waals surface area contributed by atoms with Crippen molar-refractivity contribution in [3.8, 4) is 0 Å². The molecule has 0 fully saturated rings. The molecule has 0 aliphatic rings. The van der Waals surface area contributed by atoms with E-state index >= 15 is 0 Å². The Labute approximate surface area is 208 Å². The fourth-order valence-corrected chi connectivity index (χ4v) is 3.50. The molecule has 0 aromatic heterocycles. The lowest BCUT2D eigenvalue weighted by Crippen LogP contribution is -2.14. The van der Waals surface area contributed by atoms with Crippen LogP contribution in [0.25, 0.3) is 0 Å². The van der Waals surface area contributed by atoms with Crippen LogP contribution in [-0.4, -0.2) is 71.3 Å². The Balaban J connectivity index is 3.14. The van der Waals surface area contributed by atoms with Crippen molar-refractivity contribution >= 4 is 17.6 Å². The van der Waals surface area contributed by atoms with Crippen LogP contribution in [0.3, 0.4) is 0 Å². The molecule has 0 saturated heterocycles. The van der Waals surface area contributed by atoms with Crippen molar-refractivity contribution in [3.63, 3.8) is 0 Å². The Hall–Kier alpha value is -0.400. The molecule has 0 N–H and O–H groups in total. The predicted octanol–water partition coefficient (Wildman–Crippen LogP) is 6.32. The lowest BCUT2D eigenvalue weighted by atomic mass is 10.0. The molecule has 0 rings (SSSR count). The van der Waals surface area contributed by atoms with Crippen LogP contribution in [-0.2, 0) is 28.5 Å². The van der Waals surface area contributed by atoms with E-state index in [-0.39, 0.29) is 5.97 Å². The van der Waals surface area contributed by atoms with Crippen molar-refractivity contribution in [1.82, 2.24) is 0 Å². The van der Waals surface area contributed by atoms with E-state index in [1.807, 2.05) is 0 Å². The van der Waals surface area contributed by atoms with Crippen molar-refractivity contribution in [1.29, 1.82) is 0 Å². The van der Waals surface area contributed by atoms with E-state index in [2.05, 4.69) is 6.92 Å². The van der Waals surface area contributed by atoms with Crippen molar-refractivity contribution in [2.24, 2.45) is 0 Å². The number of carbonyl (C=O) groups excluding carboxylic acids is 1. The van der Waals surface area contributed by atoms with Crippen molar-refractivity contribution in [3.05, 3.63) is 0 Å². The largest absolute Gasteiger partial charge is 0.463 e. The number of ether oxygens (including phenoxy) is 5. The summed E-state index contributed by atoms with van der Waals surface area (Å²) in [5.74, 6) is 0.381. The van der Waals surface area contributed by atoms with Crippen LogP contribution < -0.4 is 0 Å². The minimum absolute atomic E-state index is 0.120. The van der Waals surface area contributed by atoms with E-state index in [4.69, 9.17) is 35.3 Å². The number of alkyl halides is 1. The summed E-state index contributed by atoms with van der Waals surface area (Å²) in [6.07, 6.45) is 17.5. The summed E-state index contributed by atoms with van der Waals surface area (Å²) in [4.78, 5) is 11.7. The average Bonchev–Trinajstić information content (AvgIpc) is 2.82. The highest BCUT2D eigenvalue weighted by atomic mass is 35.5. The molecule has 0 aromatic rings. The van der Waals surface area contributed by atoms with E-state index in [1.54, 1.807) is 0 Å². The predicted molar refractivity (Wildman–Crippen MR) is 135 cm³/mol. The van der Waals surface area contributed by atoms with Gasteiger partial charge in [0.05, 0.1) is 52.9 Å². The third-order valence-electron chi connectivity index (χ3n) is 5.31. The van der Waals surface area contributed by atoms with Gasteiger partial charge in [0.1, 0.15) is 6.61 Å². The molecule has 33 heavy (non-hydrogen) atoms. The zero-order valence-corrected chi connectivity index (χ0v) is 22.1. The topological polar surface area (TPSA) is 63.2 Å². The smallest absolute Gasteiger partial charge is 0.305 e. The average molecular weight is 495 g/mol. The fraction of sp³-hybridized carbons (Fsp3) is 0.962. The molecule has 198 valence electrons. The second kappa shape index (κ2) is 29.6. The molecule has 0 saturated carbocycles. The van der Waals surface area contributed by atoms with Gasteiger partial charge in [-0.2, -0.15) is 0 Å². The van der Waals surface area contributed by atoms with Crippen molar-refractivity contribution in [2.75, 3.05) is 65.3 Å². The quantitative estimate of drug-likeness (QED) is 0.0720. The number of hydrogen-bond acceptors (Lipinski definition) is 6. The highest BCUT2D eigenvalue weighted by Gasteiger charge is 2.02. The first-order chi connectivity index (χ1) is 16.3. The normalized spacial score (nSPS) is 11.2. The van der Waals surface area contributed by atoms with Crippen LogP contribution in [0.15, 0.2) is 0 Å². The maximum absolute atomic E-state index is 11.7. The van der Waals surface area contributed by atoms with Gasteiger partial charge in [0, 0.05) is 12.3 Å². The number of esters is 1. The highest BCUT2D eigenvalue weighted by Crippen LogP contribution is 2.13. The fourth-order valence-electron chi connectivity index (χ4n) is 3.39. The van der Waals surface area contributed by atoms with Gasteiger partial charge in [-0.3, -0.25) is 4.79 Å². The van der Waals surface area contributed by atoms with Gasteiger partial charge in [-0.1, -0.05) is 84.0 Å². The van der Waals surface area contributed by atoms with Crippen LogP contribution >= 0.6 is 11.6 Å². The van der Waals surface area contributed by atoms with Crippen LogP contribution in [0, 0.1) is 0 Å². The van der Waals surface area contributed by atoms with Crippen LogP contribution in [0.4, 0.5) is 0 Å². The van der Waals surface area contributed by atoms with Crippen LogP contribution in [0.1, 0.15) is 96.8 Å². The Morgan fingerprint density at radius 2 is 0.879 bits per heavy atom. The van der Waals surface area contributed by atoms with Crippen molar-refractivity contribution < 1.29 is 28.5 Å². The van der Waals surface area contributed by atoms with E-state index in [0.717, 1.165) is 12.8 Å². The number of carbonyl (C=O) groups is 1. The van der Waals surface area contributed by atoms with Gasteiger partial charge in [0.2, 0.25) is 0 Å². The van der Waals surface area contributed by atoms with Gasteiger partial charge < -0.3 is 23.7 Å². The Morgan fingerprint density at radius 1 is 0.515 bits per heavy atom. The first-order valence-electron chi connectivity index (χ1n) is 13.3. The first kappa shape index (κ1) is 32.6. The Kier molecular flexibility index (Phi) is 29.3. The molecule has 0 bridgehead atoms.